The molecule has 22 heavy (non-hydrogen) atoms. The average molecular weight is 386 g/mol. The van der Waals surface area contributed by atoms with Gasteiger partial charge in [0, 0.05) is 27.0 Å². The molecule has 116 valence electrons. The minimum atomic E-state index is -1.70. The summed E-state index contributed by atoms with van der Waals surface area (Å²) in [6.45, 7) is 0. The molecule has 0 amide bonds. The molecule has 2 atom stereocenters. The van der Waals surface area contributed by atoms with Crippen molar-refractivity contribution in [2.45, 2.75) is 0 Å². The fourth-order valence-electron chi connectivity index (χ4n) is 2.51. The number of hydrogen-bond acceptors (Lipinski definition) is 5. The number of rotatable bonds is 4. The number of methoxy groups -OCH3 is 2. The number of benzene rings is 2. The summed E-state index contributed by atoms with van der Waals surface area (Å²) >= 11 is 13.8. The van der Waals surface area contributed by atoms with Crippen molar-refractivity contribution in [3.8, 4) is 11.5 Å². The van der Waals surface area contributed by atoms with Crippen LogP contribution in [0.25, 0.3) is 0 Å². The molecule has 7 heteroatoms. The van der Waals surface area contributed by atoms with Crippen molar-refractivity contribution in [2.24, 2.45) is 0 Å². The highest BCUT2D eigenvalue weighted by molar-refractivity contribution is 9.08. The van der Waals surface area contributed by atoms with Gasteiger partial charge in [0.15, 0.2) is 0 Å². The summed E-state index contributed by atoms with van der Waals surface area (Å²) in [6.07, 6.45) is 0. The topological polar surface area (TPSA) is 18.5 Å². The van der Waals surface area contributed by atoms with Crippen LogP contribution in [0.4, 0.5) is 0 Å². The number of para-hydroxylation sites is 2. The molecule has 0 radical (unpaired) electrons. The largest absolute Gasteiger partial charge is 0.496 e. The van der Waals surface area contributed by atoms with Crippen LogP contribution in [0.2, 0.25) is 0 Å². The second-order valence-corrected chi connectivity index (χ2v) is 20.7. The third-order valence-corrected chi connectivity index (χ3v) is 25.7. The summed E-state index contributed by atoms with van der Waals surface area (Å²) < 4.78 is 11.0. The Morgan fingerprint density at radius 3 is 1.55 bits per heavy atom. The summed E-state index contributed by atoms with van der Waals surface area (Å²) in [4.78, 5) is 0. The maximum Gasteiger partial charge on any atom is 0.128 e. The summed E-state index contributed by atoms with van der Waals surface area (Å²) in [7, 11) is 3.39. The van der Waals surface area contributed by atoms with Crippen molar-refractivity contribution in [3.05, 3.63) is 48.5 Å². The van der Waals surface area contributed by atoms with E-state index in [2.05, 4.69) is 12.1 Å². The van der Waals surface area contributed by atoms with Crippen molar-refractivity contribution in [1.29, 1.82) is 0 Å². The van der Waals surface area contributed by atoms with Crippen molar-refractivity contribution in [3.63, 3.8) is 0 Å². The lowest BCUT2D eigenvalue weighted by molar-refractivity contribution is 0.418. The molecular formula is C15H16O2P2S3. The standard InChI is InChI=1S/C15H16O2P2S3/c1-16-12-7-3-5-9-14(12)18(20)11-19(21,22-18)15-10-6-4-8-13(15)17-2/h3-10H,11H2,1-2H3. The number of hydrogen-bond donors (Lipinski definition) is 0. The zero-order valence-electron chi connectivity index (χ0n) is 12.3. The monoisotopic (exact) mass is 386 g/mol. The van der Waals surface area contributed by atoms with E-state index in [9.17, 15) is 0 Å². The van der Waals surface area contributed by atoms with Crippen LogP contribution in [-0.2, 0) is 23.6 Å². The van der Waals surface area contributed by atoms with Crippen LogP contribution in [0.5, 0.6) is 11.5 Å². The van der Waals surface area contributed by atoms with Gasteiger partial charge in [0.25, 0.3) is 0 Å². The minimum Gasteiger partial charge on any atom is -0.496 e. The third-order valence-electron chi connectivity index (χ3n) is 3.54. The molecule has 0 aliphatic carbocycles. The molecule has 1 aliphatic rings. The lowest BCUT2D eigenvalue weighted by Crippen LogP contribution is -2.19. The molecule has 3 rings (SSSR count). The van der Waals surface area contributed by atoms with Gasteiger partial charge in [-0.25, -0.2) is 0 Å². The molecule has 0 bridgehead atoms. The summed E-state index contributed by atoms with van der Waals surface area (Å²) in [5.41, 5.74) is 0. The molecule has 0 aromatic heterocycles. The Kier molecular flexibility index (Phi) is 4.74. The van der Waals surface area contributed by atoms with E-state index in [4.69, 9.17) is 33.1 Å². The highest BCUT2D eigenvalue weighted by Crippen LogP contribution is 2.92. The normalized spacial score (nSPS) is 27.0. The van der Waals surface area contributed by atoms with Gasteiger partial charge in [-0.1, -0.05) is 58.9 Å². The predicted molar refractivity (Wildman–Crippen MR) is 106 cm³/mol. The second-order valence-electron chi connectivity index (χ2n) is 4.91. The van der Waals surface area contributed by atoms with E-state index in [0.717, 1.165) is 28.0 Å². The van der Waals surface area contributed by atoms with E-state index in [1.165, 1.54) is 0 Å². The van der Waals surface area contributed by atoms with Gasteiger partial charge in [0.05, 0.1) is 14.2 Å². The minimum absolute atomic E-state index is 0.889. The third kappa shape index (κ3) is 2.79. The number of ether oxygens (including phenoxy) is 2. The van der Waals surface area contributed by atoms with E-state index < -0.39 is 10.5 Å². The maximum absolute atomic E-state index is 5.99. The first-order valence-corrected chi connectivity index (χ1v) is 14.7. The highest BCUT2D eigenvalue weighted by atomic mass is 33.2. The van der Waals surface area contributed by atoms with Gasteiger partial charge in [0.2, 0.25) is 0 Å². The van der Waals surface area contributed by atoms with Crippen molar-refractivity contribution in [1.82, 2.24) is 0 Å². The smallest absolute Gasteiger partial charge is 0.128 e. The van der Waals surface area contributed by atoms with E-state index in [1.807, 2.05) is 47.4 Å². The van der Waals surface area contributed by atoms with Gasteiger partial charge in [-0.3, -0.25) is 0 Å². The summed E-state index contributed by atoms with van der Waals surface area (Å²) in [5.74, 6) is 2.69. The Morgan fingerprint density at radius 1 is 0.818 bits per heavy atom. The summed E-state index contributed by atoms with van der Waals surface area (Å²) in [6, 6.07) is 16.1. The first-order chi connectivity index (χ1) is 10.5. The van der Waals surface area contributed by atoms with Crippen LogP contribution in [0.3, 0.4) is 0 Å². The second kappa shape index (κ2) is 6.30. The van der Waals surface area contributed by atoms with Gasteiger partial charge < -0.3 is 9.47 Å². The van der Waals surface area contributed by atoms with Gasteiger partial charge in [-0.05, 0) is 24.3 Å². The van der Waals surface area contributed by atoms with Crippen LogP contribution in [0, 0.1) is 0 Å². The van der Waals surface area contributed by atoms with E-state index in [-0.39, 0.29) is 0 Å². The van der Waals surface area contributed by atoms with Crippen molar-refractivity contribution >= 4 is 55.7 Å². The van der Waals surface area contributed by atoms with Crippen LogP contribution in [0.1, 0.15) is 0 Å². The lowest BCUT2D eigenvalue weighted by Gasteiger charge is -2.42. The van der Waals surface area contributed by atoms with E-state index >= 15 is 0 Å². The molecule has 0 N–H and O–H groups in total. The molecule has 0 spiro atoms. The quantitative estimate of drug-likeness (QED) is 0.733. The van der Waals surface area contributed by atoms with Crippen LogP contribution >= 0.6 is 21.5 Å². The average Bonchev–Trinajstić information content (AvgIpc) is 2.53. The van der Waals surface area contributed by atoms with E-state index in [1.54, 1.807) is 14.2 Å². The van der Waals surface area contributed by atoms with Crippen LogP contribution < -0.4 is 20.1 Å². The molecule has 1 heterocycles. The molecule has 1 aliphatic heterocycles. The van der Waals surface area contributed by atoms with Gasteiger partial charge in [-0.15, -0.1) is 0 Å². The molecular weight excluding hydrogens is 370 g/mol. The Labute approximate surface area is 145 Å². The lowest BCUT2D eigenvalue weighted by atomic mass is 10.3. The van der Waals surface area contributed by atoms with Crippen molar-refractivity contribution < 1.29 is 9.47 Å². The van der Waals surface area contributed by atoms with Crippen LogP contribution in [-0.4, -0.2) is 20.1 Å². The zero-order valence-corrected chi connectivity index (χ0v) is 16.5. The zero-order chi connectivity index (χ0) is 15.8. The van der Waals surface area contributed by atoms with Crippen LogP contribution in [0.15, 0.2) is 48.5 Å². The summed E-state index contributed by atoms with van der Waals surface area (Å²) in [5, 5.41) is -1.08. The predicted octanol–water partition coefficient (Wildman–Crippen LogP) is 4.15. The Bertz CT molecular complexity index is 727. The molecule has 2 aromatic rings. The first kappa shape index (κ1) is 16.5. The van der Waals surface area contributed by atoms with Gasteiger partial charge in [-0.2, -0.15) is 0 Å². The molecule has 0 saturated carbocycles. The molecule has 2 aromatic carbocycles. The molecule has 2 unspecified atom stereocenters. The van der Waals surface area contributed by atoms with Crippen molar-refractivity contribution in [2.75, 3.05) is 20.1 Å². The fourth-order valence-corrected chi connectivity index (χ4v) is 31.7. The van der Waals surface area contributed by atoms with E-state index in [0.29, 0.717) is 0 Å². The molecule has 1 fully saturated rings. The Morgan fingerprint density at radius 2 is 1.18 bits per heavy atom. The fraction of sp³-hybridized carbons (Fsp3) is 0.200. The Balaban J connectivity index is 1.95. The van der Waals surface area contributed by atoms with Gasteiger partial charge in [0.1, 0.15) is 11.5 Å². The maximum atomic E-state index is 5.99. The first-order valence-electron chi connectivity index (χ1n) is 6.69. The molecule has 1 saturated heterocycles. The highest BCUT2D eigenvalue weighted by Gasteiger charge is 2.46. The van der Waals surface area contributed by atoms with Gasteiger partial charge >= 0.3 is 0 Å². The molecule has 2 nitrogen and oxygen atoms in total. The SMILES string of the molecule is COc1ccccc1P1(=S)CP(=S)(c2ccccc2OC)S1. The Hall–Kier alpha value is -0.310.